The number of guanidine groups is 1. The normalized spacial score (nSPS) is 17.5. The summed E-state index contributed by atoms with van der Waals surface area (Å²) in [6.07, 6.45) is 1.53. The zero-order valence-corrected chi connectivity index (χ0v) is 6.44. The number of nitro groups is 1. The van der Waals surface area contributed by atoms with Gasteiger partial charge in [-0.1, -0.05) is 4.99 Å². The van der Waals surface area contributed by atoms with Crippen molar-refractivity contribution in [2.24, 2.45) is 4.99 Å². The minimum Gasteiger partial charge on any atom is -0.390 e. The fraction of sp³-hybridized carbons (Fsp3) is 0.500. The Morgan fingerprint density at radius 2 is 2.45 bits per heavy atom. The second-order valence-corrected chi connectivity index (χ2v) is 2.52. The highest BCUT2D eigenvalue weighted by molar-refractivity contribution is 5.73. The first-order valence-electron chi connectivity index (χ1n) is 3.20. The Kier molecular flexibility index (Phi) is 1.89. The lowest BCUT2D eigenvalue weighted by molar-refractivity contribution is -0.363. The van der Waals surface area contributed by atoms with Gasteiger partial charge in [0, 0.05) is 0 Å². The molecule has 1 aliphatic rings. The van der Waals surface area contributed by atoms with Gasteiger partial charge in [-0.05, 0) is 17.4 Å². The van der Waals surface area contributed by atoms with E-state index in [2.05, 4.69) is 4.99 Å². The molecule has 0 aliphatic carbocycles. The topological polar surface area (TPSA) is 58.7 Å². The van der Waals surface area contributed by atoms with Gasteiger partial charge >= 0.3 is 5.96 Å². The van der Waals surface area contributed by atoms with E-state index in [0.717, 1.165) is 5.57 Å². The summed E-state index contributed by atoms with van der Waals surface area (Å²) < 4.78 is 0. The zero-order chi connectivity index (χ0) is 8.43. The third-order valence-electron chi connectivity index (χ3n) is 1.39. The van der Waals surface area contributed by atoms with Crippen LogP contribution in [0.3, 0.4) is 0 Å². The van der Waals surface area contributed by atoms with Crippen LogP contribution < -0.4 is 0 Å². The molecule has 0 fully saturated rings. The van der Waals surface area contributed by atoms with Crippen LogP contribution in [-0.4, -0.2) is 29.4 Å². The zero-order valence-electron chi connectivity index (χ0n) is 6.44. The van der Waals surface area contributed by atoms with E-state index in [9.17, 15) is 10.1 Å². The van der Waals surface area contributed by atoms with Crippen molar-refractivity contribution in [3.05, 3.63) is 21.9 Å². The van der Waals surface area contributed by atoms with Crippen molar-refractivity contribution < 1.29 is 4.92 Å². The Morgan fingerprint density at radius 3 is 2.91 bits per heavy atom. The van der Waals surface area contributed by atoms with E-state index in [-0.39, 0.29) is 5.96 Å². The van der Waals surface area contributed by atoms with Crippen LogP contribution in [0.4, 0.5) is 0 Å². The van der Waals surface area contributed by atoms with Crippen LogP contribution in [0.1, 0.15) is 6.92 Å². The van der Waals surface area contributed by atoms with Crippen molar-refractivity contribution >= 4 is 5.96 Å². The van der Waals surface area contributed by atoms with Crippen molar-refractivity contribution in [1.82, 2.24) is 4.90 Å². The van der Waals surface area contributed by atoms with Gasteiger partial charge in [0.05, 0.1) is 13.6 Å². The molecule has 0 aromatic rings. The van der Waals surface area contributed by atoms with Crippen molar-refractivity contribution in [1.29, 1.82) is 0 Å². The number of rotatable bonds is 0. The van der Waals surface area contributed by atoms with E-state index in [0.29, 0.717) is 6.54 Å². The summed E-state index contributed by atoms with van der Waals surface area (Å²) in [7, 11) is 1.65. The summed E-state index contributed by atoms with van der Waals surface area (Å²) in [6.45, 7) is 2.47. The molecular weight excluding hydrogens is 146 g/mol. The highest BCUT2D eigenvalue weighted by Gasteiger charge is 2.21. The largest absolute Gasteiger partial charge is 0.429 e. The molecule has 0 aromatic heterocycles. The summed E-state index contributed by atoms with van der Waals surface area (Å²) in [5.74, 6) is -0.0874. The van der Waals surface area contributed by atoms with E-state index in [4.69, 9.17) is 0 Å². The molecule has 0 amide bonds. The van der Waals surface area contributed by atoms with Crippen LogP contribution in [-0.2, 0) is 0 Å². The number of nitrogens with zero attached hydrogens (tertiary/aromatic N) is 3. The Morgan fingerprint density at radius 1 is 1.82 bits per heavy atom. The third kappa shape index (κ3) is 1.54. The van der Waals surface area contributed by atoms with Gasteiger partial charge in [-0.15, -0.1) is 0 Å². The monoisotopic (exact) mass is 155 g/mol. The Balaban J connectivity index is 2.87. The van der Waals surface area contributed by atoms with Gasteiger partial charge in [0.2, 0.25) is 0 Å². The van der Waals surface area contributed by atoms with E-state index in [1.807, 2.05) is 6.92 Å². The highest BCUT2D eigenvalue weighted by atomic mass is 16.6. The van der Waals surface area contributed by atoms with Gasteiger partial charge in [-0.2, -0.15) is 0 Å². The molecule has 0 saturated heterocycles. The minimum atomic E-state index is -0.483. The summed E-state index contributed by atoms with van der Waals surface area (Å²) in [5, 5.41) is 10.3. The number of aliphatic imine (C=N–C) groups is 1. The molecular formula is C6H9N3O2. The Labute approximate surface area is 64.2 Å². The number of hydrogen-bond donors (Lipinski definition) is 0. The molecule has 0 N–H and O–H groups in total. The SMILES string of the molecule is CC1=CN=C([N+](=O)[O-])N(C)C1. The molecule has 0 bridgehead atoms. The van der Waals surface area contributed by atoms with Gasteiger partial charge < -0.3 is 10.1 Å². The molecule has 60 valence electrons. The van der Waals surface area contributed by atoms with Crippen molar-refractivity contribution in [3.8, 4) is 0 Å². The van der Waals surface area contributed by atoms with Gasteiger partial charge in [0.1, 0.15) is 6.20 Å². The second-order valence-electron chi connectivity index (χ2n) is 2.52. The summed E-state index contributed by atoms with van der Waals surface area (Å²) >= 11 is 0. The summed E-state index contributed by atoms with van der Waals surface area (Å²) in [4.78, 5) is 15.0. The average molecular weight is 155 g/mol. The molecule has 5 nitrogen and oxygen atoms in total. The van der Waals surface area contributed by atoms with E-state index in [1.165, 1.54) is 11.1 Å². The maximum absolute atomic E-state index is 10.3. The first-order chi connectivity index (χ1) is 5.11. The lowest BCUT2D eigenvalue weighted by Gasteiger charge is -2.15. The Bertz CT molecular complexity index is 244. The molecule has 1 rings (SSSR count). The maximum atomic E-state index is 10.3. The van der Waals surface area contributed by atoms with Crippen LogP contribution in [0.15, 0.2) is 16.8 Å². The molecule has 0 unspecified atom stereocenters. The summed E-state index contributed by atoms with van der Waals surface area (Å²) in [6, 6.07) is 0. The molecule has 1 aliphatic heterocycles. The lowest BCUT2D eigenvalue weighted by Crippen LogP contribution is -2.35. The molecule has 0 aromatic carbocycles. The molecule has 0 spiro atoms. The van der Waals surface area contributed by atoms with Gasteiger partial charge in [-0.3, -0.25) is 4.90 Å². The van der Waals surface area contributed by atoms with Gasteiger partial charge in [0.25, 0.3) is 0 Å². The molecule has 0 atom stereocenters. The van der Waals surface area contributed by atoms with E-state index in [1.54, 1.807) is 7.05 Å². The lowest BCUT2D eigenvalue weighted by atomic mass is 10.3. The van der Waals surface area contributed by atoms with Crippen molar-refractivity contribution in [2.75, 3.05) is 13.6 Å². The third-order valence-corrected chi connectivity index (χ3v) is 1.39. The summed E-state index contributed by atoms with van der Waals surface area (Å²) in [5.41, 5.74) is 1.03. The predicted octanol–water partition coefficient (Wildman–Crippen LogP) is 0.468. The van der Waals surface area contributed by atoms with Crippen LogP contribution in [0.25, 0.3) is 0 Å². The van der Waals surface area contributed by atoms with Crippen LogP contribution >= 0.6 is 0 Å². The van der Waals surface area contributed by atoms with Crippen molar-refractivity contribution in [2.45, 2.75) is 6.92 Å². The molecule has 11 heavy (non-hydrogen) atoms. The average Bonchev–Trinajstić information content (AvgIpc) is 1.85. The standard InChI is InChI=1S/C6H9N3O2/c1-5-3-7-6(9(10)11)8(2)4-5/h3H,4H2,1-2H3. The van der Waals surface area contributed by atoms with Crippen molar-refractivity contribution in [3.63, 3.8) is 0 Å². The Hall–Kier alpha value is -1.39. The first kappa shape index (κ1) is 7.71. The van der Waals surface area contributed by atoms with E-state index < -0.39 is 4.92 Å². The predicted molar refractivity (Wildman–Crippen MR) is 40.8 cm³/mol. The first-order valence-corrected chi connectivity index (χ1v) is 3.20. The molecule has 0 radical (unpaired) electrons. The highest BCUT2D eigenvalue weighted by Crippen LogP contribution is 2.04. The molecule has 1 heterocycles. The number of likely N-dealkylation sites (N-methyl/N-ethyl adjacent to an activating group) is 1. The van der Waals surface area contributed by atoms with Gasteiger partial charge in [-0.25, -0.2) is 0 Å². The van der Waals surface area contributed by atoms with Crippen LogP contribution in [0.5, 0.6) is 0 Å². The van der Waals surface area contributed by atoms with Crippen LogP contribution in [0, 0.1) is 10.1 Å². The molecule has 5 heteroatoms. The minimum absolute atomic E-state index is 0.0874. The fourth-order valence-corrected chi connectivity index (χ4v) is 0.939. The van der Waals surface area contributed by atoms with Gasteiger partial charge in [0.15, 0.2) is 0 Å². The number of hydrogen-bond acceptors (Lipinski definition) is 4. The smallest absolute Gasteiger partial charge is 0.390 e. The second kappa shape index (κ2) is 2.69. The van der Waals surface area contributed by atoms with E-state index >= 15 is 0 Å². The molecule has 0 saturated carbocycles. The van der Waals surface area contributed by atoms with Crippen LogP contribution in [0.2, 0.25) is 0 Å². The fourth-order valence-electron chi connectivity index (χ4n) is 0.939. The maximum Gasteiger partial charge on any atom is 0.429 e. The quantitative estimate of drug-likeness (QED) is 0.377.